The Morgan fingerprint density at radius 2 is 2.00 bits per heavy atom. The van der Waals surface area contributed by atoms with Crippen LogP contribution in [0.15, 0.2) is 17.0 Å². The van der Waals surface area contributed by atoms with Crippen LogP contribution in [-0.4, -0.2) is 21.5 Å². The topological polar surface area (TPSA) is 87.9 Å². The summed E-state index contributed by atoms with van der Waals surface area (Å²) in [5, 5.41) is 0. The monoisotopic (exact) mass is 245 g/mol. The van der Waals surface area contributed by atoms with Gasteiger partial charge in [0.2, 0.25) is 6.79 Å². The fraction of sp³-hybridized carbons (Fsp3) is 0.333. The average molecular weight is 245 g/mol. The standard InChI is InChI=1S/C9H11NO5S/c1-16(11,12)9-3-8-7(13-5-14-8)2-6(9)4-15-10/h2-3H,4-5,10H2,1H3. The normalized spacial score (nSPS) is 14.1. The van der Waals surface area contributed by atoms with Crippen LogP contribution in [-0.2, 0) is 21.3 Å². The van der Waals surface area contributed by atoms with Gasteiger partial charge in [0.05, 0.1) is 11.5 Å². The number of hydrogen-bond acceptors (Lipinski definition) is 6. The number of hydrogen-bond donors (Lipinski definition) is 1. The molecule has 0 fully saturated rings. The first-order valence-electron chi connectivity index (χ1n) is 4.46. The highest BCUT2D eigenvalue weighted by Gasteiger charge is 2.21. The van der Waals surface area contributed by atoms with E-state index in [1.807, 2.05) is 0 Å². The van der Waals surface area contributed by atoms with E-state index in [0.29, 0.717) is 17.1 Å². The van der Waals surface area contributed by atoms with Crippen molar-refractivity contribution in [2.75, 3.05) is 13.0 Å². The van der Waals surface area contributed by atoms with E-state index in [0.717, 1.165) is 6.26 Å². The number of nitrogens with two attached hydrogens (primary N) is 1. The van der Waals surface area contributed by atoms with Gasteiger partial charge in [0.1, 0.15) is 0 Å². The van der Waals surface area contributed by atoms with Crippen LogP contribution in [0.2, 0.25) is 0 Å². The molecular formula is C9H11NO5S. The van der Waals surface area contributed by atoms with Crippen molar-refractivity contribution in [2.24, 2.45) is 5.90 Å². The highest BCUT2D eigenvalue weighted by molar-refractivity contribution is 7.90. The Bertz CT molecular complexity index is 511. The van der Waals surface area contributed by atoms with E-state index in [2.05, 4.69) is 4.84 Å². The van der Waals surface area contributed by atoms with Crippen LogP contribution in [0, 0.1) is 0 Å². The van der Waals surface area contributed by atoms with E-state index in [-0.39, 0.29) is 18.3 Å². The highest BCUT2D eigenvalue weighted by atomic mass is 32.2. The Morgan fingerprint density at radius 3 is 2.56 bits per heavy atom. The minimum Gasteiger partial charge on any atom is -0.454 e. The van der Waals surface area contributed by atoms with Crippen LogP contribution in [0.3, 0.4) is 0 Å². The van der Waals surface area contributed by atoms with Gasteiger partial charge in [0.15, 0.2) is 21.3 Å². The molecule has 0 bridgehead atoms. The molecule has 6 nitrogen and oxygen atoms in total. The first-order valence-corrected chi connectivity index (χ1v) is 6.36. The van der Waals surface area contributed by atoms with Crippen molar-refractivity contribution < 1.29 is 22.7 Å². The zero-order chi connectivity index (χ0) is 11.8. The Kier molecular flexibility index (Phi) is 2.75. The molecule has 0 radical (unpaired) electrons. The second-order valence-corrected chi connectivity index (χ2v) is 5.38. The zero-order valence-corrected chi connectivity index (χ0v) is 9.41. The molecule has 16 heavy (non-hydrogen) atoms. The summed E-state index contributed by atoms with van der Waals surface area (Å²) < 4.78 is 33.3. The molecule has 1 aromatic rings. The first kappa shape index (κ1) is 11.2. The third-order valence-corrected chi connectivity index (χ3v) is 3.37. The Morgan fingerprint density at radius 1 is 1.38 bits per heavy atom. The van der Waals surface area contributed by atoms with E-state index < -0.39 is 9.84 Å². The molecule has 0 saturated heterocycles. The molecule has 0 spiro atoms. The molecule has 88 valence electrons. The lowest BCUT2D eigenvalue weighted by Crippen LogP contribution is -2.06. The van der Waals surface area contributed by atoms with Crippen molar-refractivity contribution >= 4 is 9.84 Å². The van der Waals surface area contributed by atoms with Crippen molar-refractivity contribution in [3.8, 4) is 11.5 Å². The quantitative estimate of drug-likeness (QED) is 0.766. The lowest BCUT2D eigenvalue weighted by molar-refractivity contribution is 0.122. The Hall–Kier alpha value is -1.31. The summed E-state index contributed by atoms with van der Waals surface area (Å²) in [6.07, 6.45) is 1.12. The highest BCUT2D eigenvalue weighted by Crippen LogP contribution is 2.36. The summed E-state index contributed by atoms with van der Waals surface area (Å²) in [7, 11) is -3.35. The summed E-state index contributed by atoms with van der Waals surface area (Å²) in [6, 6.07) is 2.98. The molecule has 2 rings (SSSR count). The van der Waals surface area contributed by atoms with Crippen LogP contribution >= 0.6 is 0 Å². The summed E-state index contributed by atoms with van der Waals surface area (Å²) in [6.45, 7) is 0.0878. The van der Waals surface area contributed by atoms with Crippen molar-refractivity contribution in [3.63, 3.8) is 0 Å². The number of benzene rings is 1. The summed E-state index contributed by atoms with van der Waals surface area (Å²) >= 11 is 0. The molecule has 0 amide bonds. The maximum Gasteiger partial charge on any atom is 0.231 e. The van der Waals surface area contributed by atoms with Crippen molar-refractivity contribution in [3.05, 3.63) is 17.7 Å². The molecule has 0 saturated carbocycles. The maximum atomic E-state index is 11.5. The lowest BCUT2D eigenvalue weighted by atomic mass is 10.2. The van der Waals surface area contributed by atoms with Gasteiger partial charge in [-0.15, -0.1) is 0 Å². The van der Waals surface area contributed by atoms with Gasteiger partial charge < -0.3 is 9.47 Å². The SMILES string of the molecule is CS(=O)(=O)c1cc2c(cc1CON)OCO2. The predicted octanol–water partition coefficient (Wildman–Crippen LogP) is 0.209. The van der Waals surface area contributed by atoms with Crippen LogP contribution in [0.5, 0.6) is 11.5 Å². The molecule has 2 N–H and O–H groups in total. The molecule has 1 aromatic carbocycles. The summed E-state index contributed by atoms with van der Waals surface area (Å²) in [5.74, 6) is 5.87. The van der Waals surface area contributed by atoms with Gasteiger partial charge in [-0.25, -0.2) is 14.3 Å². The minimum atomic E-state index is -3.35. The number of rotatable bonds is 3. The molecule has 1 aliphatic heterocycles. The molecule has 1 aliphatic rings. The minimum absolute atomic E-state index is 0.000949. The molecule has 0 aliphatic carbocycles. The van der Waals surface area contributed by atoms with Gasteiger partial charge in [-0.2, -0.15) is 0 Å². The van der Waals surface area contributed by atoms with Crippen LogP contribution in [0.25, 0.3) is 0 Å². The fourth-order valence-corrected chi connectivity index (χ4v) is 2.43. The molecule has 7 heteroatoms. The van der Waals surface area contributed by atoms with E-state index >= 15 is 0 Å². The number of fused-ring (bicyclic) bond motifs is 1. The number of ether oxygens (including phenoxy) is 2. The van der Waals surface area contributed by atoms with Crippen molar-refractivity contribution in [2.45, 2.75) is 11.5 Å². The van der Waals surface area contributed by atoms with Gasteiger partial charge >= 0.3 is 0 Å². The van der Waals surface area contributed by atoms with Crippen LogP contribution in [0.1, 0.15) is 5.56 Å². The number of sulfone groups is 1. The predicted molar refractivity (Wildman–Crippen MR) is 54.7 cm³/mol. The molecule has 0 atom stereocenters. The smallest absolute Gasteiger partial charge is 0.231 e. The summed E-state index contributed by atoms with van der Waals surface area (Å²) in [4.78, 5) is 4.60. The third-order valence-electron chi connectivity index (χ3n) is 2.19. The lowest BCUT2D eigenvalue weighted by Gasteiger charge is -2.08. The second kappa shape index (κ2) is 3.93. The van der Waals surface area contributed by atoms with Gasteiger partial charge in [-0.05, 0) is 6.07 Å². The van der Waals surface area contributed by atoms with Crippen LogP contribution in [0.4, 0.5) is 0 Å². The van der Waals surface area contributed by atoms with Gasteiger partial charge in [-0.3, -0.25) is 4.84 Å². The van der Waals surface area contributed by atoms with E-state index in [1.165, 1.54) is 6.07 Å². The van der Waals surface area contributed by atoms with Gasteiger partial charge in [-0.1, -0.05) is 0 Å². The van der Waals surface area contributed by atoms with Gasteiger partial charge in [0.25, 0.3) is 0 Å². The maximum absolute atomic E-state index is 11.5. The molecular weight excluding hydrogens is 234 g/mol. The fourth-order valence-electron chi connectivity index (χ4n) is 1.51. The molecule has 1 heterocycles. The van der Waals surface area contributed by atoms with Crippen molar-refractivity contribution in [1.82, 2.24) is 0 Å². The Balaban J connectivity index is 2.57. The second-order valence-electron chi connectivity index (χ2n) is 3.40. The largest absolute Gasteiger partial charge is 0.454 e. The first-order chi connectivity index (χ1) is 7.52. The third kappa shape index (κ3) is 1.97. The summed E-state index contributed by atoms with van der Waals surface area (Å²) in [5.41, 5.74) is 0.453. The Labute approximate surface area is 92.8 Å². The average Bonchev–Trinajstić information content (AvgIpc) is 2.62. The van der Waals surface area contributed by atoms with Crippen LogP contribution < -0.4 is 15.4 Å². The zero-order valence-electron chi connectivity index (χ0n) is 8.60. The van der Waals surface area contributed by atoms with Crippen molar-refractivity contribution in [1.29, 1.82) is 0 Å². The molecule has 0 aromatic heterocycles. The van der Waals surface area contributed by atoms with E-state index in [4.69, 9.17) is 15.4 Å². The van der Waals surface area contributed by atoms with Gasteiger partial charge in [0, 0.05) is 17.9 Å². The van der Waals surface area contributed by atoms with E-state index in [9.17, 15) is 8.42 Å². The molecule has 0 unspecified atom stereocenters. The van der Waals surface area contributed by atoms with E-state index in [1.54, 1.807) is 6.07 Å².